The summed E-state index contributed by atoms with van der Waals surface area (Å²) in [4.78, 5) is 0. The van der Waals surface area contributed by atoms with Crippen LogP contribution in [0.4, 0.5) is 4.39 Å². The Hall–Kier alpha value is -0.850. The van der Waals surface area contributed by atoms with Crippen LogP contribution in [0, 0.1) is 5.82 Å². The molecule has 0 saturated carbocycles. The largest absolute Gasteiger partial charge is 0.492 e. The molecule has 0 heterocycles. The molecule has 0 amide bonds. The molecule has 4 nitrogen and oxygen atoms in total. The summed E-state index contributed by atoms with van der Waals surface area (Å²) < 4.78 is 39.4. The highest BCUT2D eigenvalue weighted by atomic mass is 35.5. The average molecular weight is 296 g/mol. The van der Waals surface area contributed by atoms with Gasteiger partial charge in [-0.3, -0.25) is 0 Å². The standard InChI is InChI=1S/C11H15ClFNO3S/c12-10-8-9(13)4-5-11(10)17-6-2-1-3-7-18(14,15)16/h4-5,8H,1-3,6-7H2,(H2,14,15,16). The zero-order valence-electron chi connectivity index (χ0n) is 9.73. The molecular formula is C11H15ClFNO3S. The highest BCUT2D eigenvalue weighted by Crippen LogP contribution is 2.24. The van der Waals surface area contributed by atoms with Crippen molar-refractivity contribution in [1.29, 1.82) is 0 Å². The van der Waals surface area contributed by atoms with Crippen LogP contribution in [0.5, 0.6) is 5.75 Å². The van der Waals surface area contributed by atoms with Gasteiger partial charge >= 0.3 is 0 Å². The summed E-state index contributed by atoms with van der Waals surface area (Å²) in [5, 5.41) is 5.09. The van der Waals surface area contributed by atoms with Crippen molar-refractivity contribution in [1.82, 2.24) is 0 Å². The fourth-order valence-corrected chi connectivity index (χ4v) is 2.18. The van der Waals surface area contributed by atoms with E-state index in [-0.39, 0.29) is 10.8 Å². The molecule has 102 valence electrons. The van der Waals surface area contributed by atoms with Gasteiger partial charge in [0.15, 0.2) is 0 Å². The fraction of sp³-hybridized carbons (Fsp3) is 0.455. The second-order valence-corrected chi connectivity index (χ2v) is 5.99. The number of nitrogens with two attached hydrogens (primary N) is 1. The number of primary sulfonamides is 1. The maximum Gasteiger partial charge on any atom is 0.209 e. The van der Waals surface area contributed by atoms with Crippen molar-refractivity contribution in [2.24, 2.45) is 5.14 Å². The van der Waals surface area contributed by atoms with Gasteiger partial charge in [0.25, 0.3) is 0 Å². The van der Waals surface area contributed by atoms with E-state index in [0.29, 0.717) is 31.6 Å². The predicted octanol–water partition coefficient (Wildman–Crippen LogP) is 2.32. The number of ether oxygens (including phenoxy) is 1. The first-order valence-corrected chi connectivity index (χ1v) is 7.56. The van der Waals surface area contributed by atoms with Gasteiger partial charge in [0.1, 0.15) is 11.6 Å². The van der Waals surface area contributed by atoms with Crippen molar-refractivity contribution < 1.29 is 17.5 Å². The molecule has 0 aliphatic carbocycles. The van der Waals surface area contributed by atoms with Gasteiger partial charge in [0.05, 0.1) is 17.4 Å². The molecule has 0 atom stereocenters. The molecule has 0 bridgehead atoms. The highest BCUT2D eigenvalue weighted by Gasteiger charge is 2.04. The lowest BCUT2D eigenvalue weighted by atomic mass is 10.2. The molecule has 18 heavy (non-hydrogen) atoms. The van der Waals surface area contributed by atoms with Crippen molar-refractivity contribution in [2.75, 3.05) is 12.4 Å². The molecule has 0 unspecified atom stereocenters. The lowest BCUT2D eigenvalue weighted by molar-refractivity contribution is 0.306. The number of rotatable bonds is 7. The average Bonchev–Trinajstić information content (AvgIpc) is 2.24. The molecule has 1 rings (SSSR count). The van der Waals surface area contributed by atoms with Crippen molar-refractivity contribution >= 4 is 21.6 Å². The quantitative estimate of drug-likeness (QED) is 0.785. The Labute approximate surface area is 111 Å². The van der Waals surface area contributed by atoms with Crippen LogP contribution in [0.15, 0.2) is 18.2 Å². The fourth-order valence-electron chi connectivity index (χ4n) is 1.36. The molecule has 0 saturated heterocycles. The van der Waals surface area contributed by atoms with Gasteiger partial charge in [-0.05, 0) is 37.5 Å². The van der Waals surface area contributed by atoms with Crippen LogP contribution in [0.3, 0.4) is 0 Å². The summed E-state index contributed by atoms with van der Waals surface area (Å²) in [6, 6.07) is 3.90. The summed E-state index contributed by atoms with van der Waals surface area (Å²) in [7, 11) is -3.38. The van der Waals surface area contributed by atoms with Gasteiger partial charge in [-0.1, -0.05) is 11.6 Å². The van der Waals surface area contributed by atoms with Crippen LogP contribution in [-0.4, -0.2) is 20.8 Å². The van der Waals surface area contributed by atoms with Crippen LogP contribution in [0.25, 0.3) is 0 Å². The molecule has 7 heteroatoms. The van der Waals surface area contributed by atoms with E-state index in [2.05, 4.69) is 0 Å². The van der Waals surface area contributed by atoms with Crippen LogP contribution < -0.4 is 9.88 Å². The van der Waals surface area contributed by atoms with E-state index in [1.165, 1.54) is 18.2 Å². The van der Waals surface area contributed by atoms with E-state index < -0.39 is 15.8 Å². The molecule has 0 fully saturated rings. The third kappa shape index (κ3) is 6.18. The smallest absolute Gasteiger partial charge is 0.209 e. The molecule has 0 spiro atoms. The molecule has 1 aromatic carbocycles. The van der Waals surface area contributed by atoms with Gasteiger partial charge in [-0.2, -0.15) is 0 Å². The van der Waals surface area contributed by atoms with Crippen LogP contribution in [0.1, 0.15) is 19.3 Å². The van der Waals surface area contributed by atoms with Gasteiger partial charge in [0.2, 0.25) is 10.0 Å². The number of hydrogen-bond donors (Lipinski definition) is 1. The Bertz CT molecular complexity index is 493. The normalized spacial score (nSPS) is 11.5. The molecule has 0 aromatic heterocycles. The van der Waals surface area contributed by atoms with E-state index in [1.807, 2.05) is 0 Å². The Morgan fingerprint density at radius 3 is 2.61 bits per heavy atom. The molecule has 0 aliphatic rings. The maximum absolute atomic E-state index is 12.7. The third-order valence-electron chi connectivity index (χ3n) is 2.22. The van der Waals surface area contributed by atoms with E-state index in [9.17, 15) is 12.8 Å². The number of unbranched alkanes of at least 4 members (excludes halogenated alkanes) is 2. The minimum Gasteiger partial charge on any atom is -0.492 e. The minimum atomic E-state index is -3.38. The van der Waals surface area contributed by atoms with Crippen LogP contribution in [-0.2, 0) is 10.0 Å². The predicted molar refractivity (Wildman–Crippen MR) is 68.7 cm³/mol. The summed E-state index contributed by atoms with van der Waals surface area (Å²) in [6.07, 6.45) is 1.87. The van der Waals surface area contributed by atoms with Crippen LogP contribution >= 0.6 is 11.6 Å². The van der Waals surface area contributed by atoms with E-state index >= 15 is 0 Å². The molecule has 1 aromatic rings. The summed E-state index contributed by atoms with van der Waals surface area (Å²) in [6.45, 7) is 0.399. The van der Waals surface area contributed by atoms with Gasteiger partial charge in [0, 0.05) is 0 Å². The Kier molecular flexibility index (Phi) is 5.84. The zero-order chi connectivity index (χ0) is 13.6. The first-order chi connectivity index (χ1) is 8.38. The lowest BCUT2D eigenvalue weighted by Gasteiger charge is -2.07. The number of benzene rings is 1. The highest BCUT2D eigenvalue weighted by molar-refractivity contribution is 7.89. The van der Waals surface area contributed by atoms with Crippen LogP contribution in [0.2, 0.25) is 5.02 Å². The molecule has 0 radical (unpaired) electrons. The van der Waals surface area contributed by atoms with Gasteiger partial charge in [-0.15, -0.1) is 0 Å². The number of hydrogen-bond acceptors (Lipinski definition) is 3. The van der Waals surface area contributed by atoms with Crippen molar-refractivity contribution in [2.45, 2.75) is 19.3 Å². The minimum absolute atomic E-state index is 0.0235. The van der Waals surface area contributed by atoms with Gasteiger partial charge in [-0.25, -0.2) is 17.9 Å². The first-order valence-electron chi connectivity index (χ1n) is 5.47. The number of sulfonamides is 1. The summed E-state index contributed by atoms with van der Waals surface area (Å²) in [5.74, 6) is -0.0189. The Morgan fingerprint density at radius 2 is 2.00 bits per heavy atom. The summed E-state index contributed by atoms with van der Waals surface area (Å²) in [5.41, 5.74) is 0. The van der Waals surface area contributed by atoms with Crippen molar-refractivity contribution in [3.8, 4) is 5.75 Å². The molecular weight excluding hydrogens is 281 g/mol. The Morgan fingerprint density at radius 1 is 1.28 bits per heavy atom. The monoisotopic (exact) mass is 295 g/mol. The first kappa shape index (κ1) is 15.2. The summed E-state index contributed by atoms with van der Waals surface area (Å²) >= 11 is 5.77. The third-order valence-corrected chi connectivity index (χ3v) is 3.38. The molecule has 0 aliphatic heterocycles. The number of halogens is 2. The van der Waals surface area contributed by atoms with Gasteiger partial charge < -0.3 is 4.74 Å². The lowest BCUT2D eigenvalue weighted by Crippen LogP contribution is -2.16. The van der Waals surface area contributed by atoms with E-state index in [4.69, 9.17) is 21.5 Å². The van der Waals surface area contributed by atoms with E-state index in [1.54, 1.807) is 0 Å². The molecule has 2 N–H and O–H groups in total. The topological polar surface area (TPSA) is 69.4 Å². The van der Waals surface area contributed by atoms with Crippen molar-refractivity contribution in [3.05, 3.63) is 29.0 Å². The van der Waals surface area contributed by atoms with Crippen molar-refractivity contribution in [3.63, 3.8) is 0 Å². The second-order valence-electron chi connectivity index (χ2n) is 3.85. The zero-order valence-corrected chi connectivity index (χ0v) is 11.3. The second kappa shape index (κ2) is 6.92. The van der Waals surface area contributed by atoms with E-state index in [0.717, 1.165) is 0 Å². The SMILES string of the molecule is NS(=O)(=O)CCCCCOc1ccc(F)cc1Cl. The maximum atomic E-state index is 12.7. The Balaban J connectivity index is 2.22.